The Morgan fingerprint density at radius 1 is 0.967 bits per heavy atom. The molecule has 4 heteroatoms. The summed E-state index contributed by atoms with van der Waals surface area (Å²) in [4.78, 5) is 11.7. The standard InChI is InChI=1S/C26H32N4/c1-19(2)9-8-10-20(3)17-18-27-26-28-24-12-7-6-11-23(24)25(29-26)30(5)22-15-13-21(4)14-16-22/h6-7,9,11-17H,8,10,18H2,1-5H3,(H,27,28,29)/b20-17+. The first-order valence-corrected chi connectivity index (χ1v) is 10.5. The minimum atomic E-state index is 0.649. The van der Waals surface area contributed by atoms with Crippen LogP contribution in [-0.2, 0) is 0 Å². The Hall–Kier alpha value is -3.14. The van der Waals surface area contributed by atoms with E-state index in [0.29, 0.717) is 12.5 Å². The molecule has 0 bridgehead atoms. The molecule has 30 heavy (non-hydrogen) atoms. The Balaban J connectivity index is 1.81. The van der Waals surface area contributed by atoms with Gasteiger partial charge in [-0.05, 0) is 64.8 Å². The summed E-state index contributed by atoms with van der Waals surface area (Å²) in [6.07, 6.45) is 6.67. The molecule has 0 atom stereocenters. The number of para-hydroxylation sites is 1. The van der Waals surface area contributed by atoms with E-state index >= 15 is 0 Å². The lowest BCUT2D eigenvalue weighted by atomic mass is 10.1. The Labute approximate surface area is 180 Å². The SMILES string of the molecule is CC(C)=CCC/C(C)=C/CNc1nc(N(C)c2ccc(C)cc2)c2ccccc2n1. The highest BCUT2D eigenvalue weighted by Crippen LogP contribution is 2.29. The van der Waals surface area contributed by atoms with Crippen molar-refractivity contribution in [1.82, 2.24) is 9.97 Å². The van der Waals surface area contributed by atoms with Gasteiger partial charge in [0.15, 0.2) is 0 Å². The van der Waals surface area contributed by atoms with Gasteiger partial charge in [0.1, 0.15) is 5.82 Å². The fourth-order valence-corrected chi connectivity index (χ4v) is 3.29. The van der Waals surface area contributed by atoms with Crippen molar-refractivity contribution in [2.45, 2.75) is 40.5 Å². The number of anilines is 3. The van der Waals surface area contributed by atoms with Gasteiger partial charge in [0.25, 0.3) is 0 Å². The molecule has 0 aliphatic carbocycles. The van der Waals surface area contributed by atoms with Crippen LogP contribution in [-0.4, -0.2) is 23.6 Å². The number of benzene rings is 2. The number of rotatable bonds is 8. The average molecular weight is 401 g/mol. The monoisotopic (exact) mass is 400 g/mol. The molecule has 1 N–H and O–H groups in total. The second kappa shape index (κ2) is 10.1. The van der Waals surface area contributed by atoms with E-state index in [1.807, 2.05) is 18.2 Å². The van der Waals surface area contributed by atoms with Gasteiger partial charge in [-0.15, -0.1) is 0 Å². The molecule has 2 aromatic carbocycles. The molecule has 3 aromatic rings. The van der Waals surface area contributed by atoms with Crippen LogP contribution in [0.15, 0.2) is 71.8 Å². The van der Waals surface area contributed by atoms with E-state index in [1.54, 1.807) is 0 Å². The van der Waals surface area contributed by atoms with Gasteiger partial charge in [-0.25, -0.2) is 4.98 Å². The van der Waals surface area contributed by atoms with E-state index in [4.69, 9.17) is 9.97 Å². The van der Waals surface area contributed by atoms with Gasteiger partial charge in [0.2, 0.25) is 5.95 Å². The molecule has 0 saturated heterocycles. The first kappa shape index (κ1) is 21.6. The zero-order valence-corrected chi connectivity index (χ0v) is 18.7. The van der Waals surface area contributed by atoms with Gasteiger partial charge >= 0.3 is 0 Å². The van der Waals surface area contributed by atoms with E-state index in [0.717, 1.165) is 35.2 Å². The van der Waals surface area contributed by atoms with Crippen LogP contribution in [0.3, 0.4) is 0 Å². The van der Waals surface area contributed by atoms with Gasteiger partial charge in [-0.1, -0.05) is 53.1 Å². The van der Waals surface area contributed by atoms with Crippen molar-refractivity contribution in [3.63, 3.8) is 0 Å². The van der Waals surface area contributed by atoms with E-state index in [1.165, 1.54) is 16.7 Å². The smallest absolute Gasteiger partial charge is 0.225 e. The molecule has 4 nitrogen and oxygen atoms in total. The number of hydrogen-bond donors (Lipinski definition) is 1. The Morgan fingerprint density at radius 2 is 1.70 bits per heavy atom. The zero-order valence-electron chi connectivity index (χ0n) is 18.7. The quantitative estimate of drug-likeness (QED) is 0.422. The number of fused-ring (bicyclic) bond motifs is 1. The molecule has 0 radical (unpaired) electrons. The summed E-state index contributed by atoms with van der Waals surface area (Å²) in [7, 11) is 2.05. The Bertz CT molecular complexity index is 1040. The van der Waals surface area contributed by atoms with E-state index < -0.39 is 0 Å². The van der Waals surface area contributed by atoms with Crippen LogP contribution >= 0.6 is 0 Å². The summed E-state index contributed by atoms with van der Waals surface area (Å²) in [5, 5.41) is 4.42. The molecule has 156 valence electrons. The minimum Gasteiger partial charge on any atom is -0.351 e. The van der Waals surface area contributed by atoms with Crippen LogP contribution in [0.5, 0.6) is 0 Å². The number of aryl methyl sites for hydroxylation is 1. The third-order valence-electron chi connectivity index (χ3n) is 5.12. The fourth-order valence-electron chi connectivity index (χ4n) is 3.29. The third kappa shape index (κ3) is 5.69. The molecule has 0 unspecified atom stereocenters. The zero-order chi connectivity index (χ0) is 21.5. The van der Waals surface area contributed by atoms with E-state index in [9.17, 15) is 0 Å². The fraction of sp³-hybridized carbons (Fsp3) is 0.308. The number of allylic oxidation sites excluding steroid dienone is 3. The van der Waals surface area contributed by atoms with Crippen molar-refractivity contribution in [1.29, 1.82) is 0 Å². The predicted octanol–water partition coefficient (Wildman–Crippen LogP) is 6.81. The summed E-state index contributed by atoms with van der Waals surface area (Å²) < 4.78 is 0. The van der Waals surface area contributed by atoms with Gasteiger partial charge in [0.05, 0.1) is 5.52 Å². The maximum absolute atomic E-state index is 4.85. The van der Waals surface area contributed by atoms with E-state index in [2.05, 4.69) is 87.4 Å². The minimum absolute atomic E-state index is 0.649. The number of nitrogens with one attached hydrogen (secondary N) is 1. The summed E-state index contributed by atoms with van der Waals surface area (Å²) in [6, 6.07) is 16.7. The molecule has 0 aliphatic rings. The molecular weight excluding hydrogens is 368 g/mol. The van der Waals surface area contributed by atoms with Gasteiger partial charge in [-0.2, -0.15) is 4.98 Å². The van der Waals surface area contributed by atoms with Crippen LogP contribution in [0.4, 0.5) is 17.5 Å². The number of hydrogen-bond acceptors (Lipinski definition) is 4. The van der Waals surface area contributed by atoms with Crippen LogP contribution in [0, 0.1) is 6.92 Å². The molecule has 0 saturated carbocycles. The Morgan fingerprint density at radius 3 is 2.43 bits per heavy atom. The van der Waals surface area contributed by atoms with Crippen LogP contribution in [0.25, 0.3) is 10.9 Å². The summed E-state index contributed by atoms with van der Waals surface area (Å²) in [5.41, 5.74) is 6.03. The van der Waals surface area contributed by atoms with Crippen LogP contribution in [0.2, 0.25) is 0 Å². The average Bonchev–Trinajstić information content (AvgIpc) is 2.73. The topological polar surface area (TPSA) is 41.1 Å². The highest BCUT2D eigenvalue weighted by Gasteiger charge is 2.12. The van der Waals surface area contributed by atoms with Gasteiger partial charge < -0.3 is 10.2 Å². The van der Waals surface area contributed by atoms with Crippen molar-refractivity contribution < 1.29 is 0 Å². The highest BCUT2D eigenvalue weighted by atomic mass is 15.2. The first-order valence-electron chi connectivity index (χ1n) is 10.5. The predicted molar refractivity (Wildman–Crippen MR) is 130 cm³/mol. The summed E-state index contributed by atoms with van der Waals surface area (Å²) in [6.45, 7) is 9.28. The molecule has 0 fully saturated rings. The van der Waals surface area contributed by atoms with Crippen molar-refractivity contribution in [2.24, 2.45) is 0 Å². The second-order valence-electron chi connectivity index (χ2n) is 8.03. The van der Waals surface area contributed by atoms with E-state index in [-0.39, 0.29) is 0 Å². The van der Waals surface area contributed by atoms with Crippen LogP contribution < -0.4 is 10.2 Å². The highest BCUT2D eigenvalue weighted by molar-refractivity contribution is 5.92. The van der Waals surface area contributed by atoms with Crippen molar-refractivity contribution in [3.05, 3.63) is 77.4 Å². The van der Waals surface area contributed by atoms with Crippen molar-refractivity contribution >= 4 is 28.4 Å². The second-order valence-corrected chi connectivity index (χ2v) is 8.03. The lowest BCUT2D eigenvalue weighted by molar-refractivity contribution is 0.958. The molecule has 0 aliphatic heterocycles. The molecule has 1 aromatic heterocycles. The molecule has 3 rings (SSSR count). The van der Waals surface area contributed by atoms with Crippen molar-refractivity contribution in [3.8, 4) is 0 Å². The third-order valence-corrected chi connectivity index (χ3v) is 5.12. The lowest BCUT2D eigenvalue weighted by Gasteiger charge is -2.21. The molecular formula is C26H32N4. The normalized spacial score (nSPS) is 11.4. The van der Waals surface area contributed by atoms with Crippen LogP contribution in [0.1, 0.15) is 39.2 Å². The maximum atomic E-state index is 4.85. The van der Waals surface area contributed by atoms with Gasteiger partial charge in [-0.3, -0.25) is 0 Å². The lowest BCUT2D eigenvalue weighted by Crippen LogP contribution is -2.14. The van der Waals surface area contributed by atoms with Crippen molar-refractivity contribution in [2.75, 3.05) is 23.8 Å². The summed E-state index contributed by atoms with van der Waals surface area (Å²) >= 11 is 0. The summed E-state index contributed by atoms with van der Waals surface area (Å²) in [5.74, 6) is 1.55. The number of aromatic nitrogens is 2. The van der Waals surface area contributed by atoms with Gasteiger partial charge in [0, 0.05) is 24.7 Å². The Kier molecular flexibility index (Phi) is 7.23. The molecule has 0 spiro atoms. The molecule has 0 amide bonds. The molecule has 1 heterocycles. The number of nitrogens with zero attached hydrogens (tertiary/aromatic N) is 3. The first-order chi connectivity index (χ1) is 14.4. The maximum Gasteiger partial charge on any atom is 0.225 e. The largest absolute Gasteiger partial charge is 0.351 e.